The first-order valence-corrected chi connectivity index (χ1v) is 48.6. The monoisotopic (exact) mass is 2040 g/mol. The third kappa shape index (κ3) is 33.4. The lowest BCUT2D eigenvalue weighted by Gasteiger charge is -2.37. The average molecular weight is 2040 g/mol. The number of nitrogens with one attached hydrogen (secondary N) is 4. The SMILES string of the molecule is C[N+](C)(C)CCCCCNc1nn2ccccc2c1N.C[N+]1(CCOc2nn3ccccc3c2N)CCCC1.C[N+]1(CCOc2nn3ccccc3c2N)CCCCC1.C[n+]1ccn(CCCNc2nn3ccccc3c2N)c1.C[n+]1ccn(CCNc2nn3ccccc3c2N)c1.Nc1c(NCCC[n+]2ccn(CCO)c2)nn2ccccc12.Nc1c(OCCn2cc[n+](CCO)c2)nn2ccccc12.[CH3-].[CH3-].[CH3-].[CH3-].[CH3-].[CH3-].[CH3-]. The molecule has 20 heterocycles. The standard InChI is InChI=1S/C15H21N6O.C15H26N5.C15H23N4O.C14H19N6.C14H18N5O2.C14H21N4O.C13H17N6.7CH3/c16-14-13-4-1-2-7-21(13)18-15(14)17-5-3-6-19-8-9-20(12-19)10-11-22;1-20(2,3)12-8-4-6-10-17-15-14(16)13-9-5-7-11-19(13)18-15;1-19(9-5-2-6-10-19)11-12-20-15-14(16)13-7-3-4-8-18(13)17-15;1-18-9-10-19(11-18)7-4-6-16-14-13(15)12-5-2-3-8-20(12)17-14;15-13-12-3-1-2-4-19(12)16-14(13)21-10-8-18-6-5-17(11-18)7-9-20;1-18(8-4-5-9-18)10-11-19-14-13(15)12-6-2-3-7-17(12)16-14;1-17-8-9-18(10-17)7-5-15-13-12(14)11-4-2-3-6-19(11)16-13;;;;;;;/h1-2,4,7-9,12,22H,3,5-6,10-11,16H2,(H,17,18);5,7,9,11H,4,6,8,10,12,16H2,1-3H3,(H,17,18);3-4,7-8H,2,5-6,9-12,16H2,1H3;2-3,5,8-11H,4,6-7,15H2,1H3,(H,16,17);1-6,11,20H,7-10,15H2;2-3,6-7H,4-5,8-11,15H2,1H3;2-4,6,8-10H,5,7,14H2,1H3,(H,15,16);7*1H3/q7*+1;7*-1. The fraction of sp³-hybridized carbons (Fsp3) is 0.364. The van der Waals surface area contributed by atoms with Gasteiger partial charge in [0.2, 0.25) is 25.3 Å². The fourth-order valence-electron chi connectivity index (χ4n) is 16.9. The van der Waals surface area contributed by atoms with Crippen molar-refractivity contribution in [3.8, 4) is 17.6 Å². The summed E-state index contributed by atoms with van der Waals surface area (Å²) in [4.78, 5) is 0. The third-order valence-electron chi connectivity index (χ3n) is 24.9. The molecule has 0 unspecified atom stereocenters. The van der Waals surface area contributed by atoms with E-state index >= 15 is 0 Å². The Morgan fingerprint density at radius 1 is 0.324 bits per heavy atom. The van der Waals surface area contributed by atoms with Gasteiger partial charge in [-0.25, -0.2) is 68.1 Å². The van der Waals surface area contributed by atoms with E-state index in [1.165, 1.54) is 77.7 Å². The van der Waals surface area contributed by atoms with Crippen molar-refractivity contribution in [3.63, 3.8) is 0 Å². The molecule has 2 fully saturated rings. The zero-order valence-electron chi connectivity index (χ0n) is 89.6. The molecule has 0 aliphatic carbocycles. The van der Waals surface area contributed by atoms with Gasteiger partial charge in [0.05, 0.1) is 154 Å². The van der Waals surface area contributed by atoms with E-state index in [1.807, 2.05) is 275 Å². The number of nitrogens with two attached hydrogens (primary N) is 7. The molecule has 0 atom stereocenters. The lowest BCUT2D eigenvalue weighted by Crippen LogP contribution is -2.50. The largest absolute Gasteiger partial charge is 0.471 e. The molecule has 804 valence electrons. The van der Waals surface area contributed by atoms with Crippen LogP contribution < -0.4 is 93.9 Å². The first kappa shape index (κ1) is 120. The Morgan fingerprint density at radius 3 is 0.980 bits per heavy atom. The maximum absolute atomic E-state index is 8.89. The zero-order chi connectivity index (χ0) is 99.1. The summed E-state index contributed by atoms with van der Waals surface area (Å²) in [6.45, 7) is 18.4. The molecule has 0 radical (unpaired) electrons. The van der Waals surface area contributed by atoms with Crippen LogP contribution in [-0.2, 0) is 53.4 Å². The number of aliphatic hydroxyl groups is 2. The lowest BCUT2D eigenvalue weighted by atomic mass is 10.1. The Kier molecular flexibility index (Phi) is 47.0. The highest BCUT2D eigenvalue weighted by molar-refractivity contribution is 5.84. The van der Waals surface area contributed by atoms with Crippen LogP contribution in [0.4, 0.5) is 63.1 Å². The van der Waals surface area contributed by atoms with Crippen LogP contribution in [0.2, 0.25) is 0 Å². The van der Waals surface area contributed by atoms with Gasteiger partial charge in [-0.05, 0) is 123 Å². The topological polar surface area (TPSA) is 455 Å². The summed E-state index contributed by atoms with van der Waals surface area (Å²) in [5, 5.41) is 61.7. The molecule has 0 bridgehead atoms. The van der Waals surface area contributed by atoms with E-state index in [0.717, 1.165) is 159 Å². The maximum atomic E-state index is 8.89. The van der Waals surface area contributed by atoms with Crippen molar-refractivity contribution in [2.75, 3.05) is 202 Å². The summed E-state index contributed by atoms with van der Waals surface area (Å²) in [5.74, 6) is 4.59. The molecule has 0 saturated carbocycles. The number of fused-ring (bicyclic) bond motifs is 7. The first-order chi connectivity index (χ1) is 68.4. The molecule has 20 N–H and O–H groups in total. The van der Waals surface area contributed by atoms with Gasteiger partial charge in [0.25, 0.3) is 17.6 Å². The highest BCUT2D eigenvalue weighted by Gasteiger charge is 2.28. The van der Waals surface area contributed by atoms with Gasteiger partial charge in [-0.1, -0.05) is 42.5 Å². The molecule has 0 spiro atoms. The van der Waals surface area contributed by atoms with Crippen molar-refractivity contribution in [1.29, 1.82) is 0 Å². The van der Waals surface area contributed by atoms with Gasteiger partial charge in [0.15, 0.2) is 23.3 Å². The Labute approximate surface area is 873 Å². The lowest BCUT2D eigenvalue weighted by molar-refractivity contribution is -0.914. The second-order valence-electron chi connectivity index (χ2n) is 37.2. The number of likely N-dealkylation sites (tertiary alicyclic amines) is 2. The van der Waals surface area contributed by atoms with Crippen LogP contribution in [0, 0.1) is 52.0 Å². The zero-order valence-corrected chi connectivity index (χ0v) is 89.6. The number of aliphatic hydroxyl groups excluding tert-OH is 2. The second-order valence-corrected chi connectivity index (χ2v) is 37.2. The fourth-order valence-corrected chi connectivity index (χ4v) is 16.9. The number of aryl methyl sites for hydroxylation is 4. The first-order valence-electron chi connectivity index (χ1n) is 48.6. The van der Waals surface area contributed by atoms with Crippen LogP contribution in [0.5, 0.6) is 17.6 Å². The smallest absolute Gasteiger partial charge is 0.257 e. The number of aromatic nitrogens is 22. The number of quaternary nitrogens is 3. The van der Waals surface area contributed by atoms with Crippen molar-refractivity contribution in [1.82, 2.24) is 85.6 Å². The van der Waals surface area contributed by atoms with Crippen LogP contribution in [0.15, 0.2) is 246 Å². The van der Waals surface area contributed by atoms with Crippen LogP contribution in [-0.4, -0.2) is 249 Å². The molecule has 148 heavy (non-hydrogen) atoms. The van der Waals surface area contributed by atoms with Gasteiger partial charge >= 0.3 is 0 Å². The normalized spacial score (nSPS) is 12.5. The number of unbranched alkanes of at least 4 members (excludes halogenated alkanes) is 2. The van der Waals surface area contributed by atoms with Crippen LogP contribution in [0.3, 0.4) is 0 Å². The van der Waals surface area contributed by atoms with E-state index in [0.29, 0.717) is 91.2 Å². The predicted octanol–water partition coefficient (Wildman–Crippen LogP) is 11.1. The Morgan fingerprint density at radius 2 is 0.635 bits per heavy atom. The number of piperidine rings is 1. The molecule has 20 rings (SSSR count). The van der Waals surface area contributed by atoms with Gasteiger partial charge in [0, 0.05) is 88.7 Å². The number of hydrogen-bond donors (Lipinski definition) is 13. The number of anilines is 11. The molecule has 0 amide bonds. The summed E-state index contributed by atoms with van der Waals surface area (Å²) < 4.78 is 49.2. The minimum Gasteiger partial charge on any atom is -0.471 e. The molecular weight excluding hydrogens is 1870 g/mol. The molecule has 0 aromatic carbocycles. The van der Waals surface area contributed by atoms with Crippen molar-refractivity contribution in [2.24, 2.45) is 14.1 Å². The number of likely N-dealkylation sites (N-methyl/N-ethyl adjacent to an activating group) is 2. The number of nitrogens with zero attached hydrogens (tertiary/aromatic N) is 25. The highest BCUT2D eigenvalue weighted by atomic mass is 16.5. The van der Waals surface area contributed by atoms with Crippen molar-refractivity contribution in [3.05, 3.63) is 298 Å². The van der Waals surface area contributed by atoms with E-state index in [9.17, 15) is 0 Å². The molecule has 2 aliphatic heterocycles. The van der Waals surface area contributed by atoms with Gasteiger partial charge in [-0.15, -0.1) is 35.7 Å². The van der Waals surface area contributed by atoms with Crippen molar-refractivity contribution < 1.29 is 56.1 Å². The molecule has 2 saturated heterocycles. The van der Waals surface area contributed by atoms with E-state index in [4.69, 9.17) is 64.6 Å². The Balaban J connectivity index is 0.000000232. The number of hydrogen-bond acceptors (Lipinski definition) is 23. The molecule has 2 aliphatic rings. The Hall–Kier alpha value is -15.3. The molecular formula is C107H166N36O5. The minimum atomic E-state index is 0. The van der Waals surface area contributed by atoms with E-state index in [2.05, 4.69) is 118 Å². The predicted molar refractivity (Wildman–Crippen MR) is 598 cm³/mol. The van der Waals surface area contributed by atoms with Crippen molar-refractivity contribution >= 4 is 102 Å². The molecule has 18 aromatic heterocycles. The summed E-state index contributed by atoms with van der Waals surface area (Å²) in [7, 11) is 15.3. The van der Waals surface area contributed by atoms with Crippen molar-refractivity contribution in [2.45, 2.75) is 103 Å². The van der Waals surface area contributed by atoms with Crippen LogP contribution in [0.25, 0.3) is 38.6 Å². The quantitative estimate of drug-likeness (QED) is 0.00744. The number of rotatable bonds is 37. The van der Waals surface area contributed by atoms with Gasteiger partial charge < -0.3 is 151 Å². The summed E-state index contributed by atoms with van der Waals surface area (Å²) in [5.41, 5.74) is 53.5. The van der Waals surface area contributed by atoms with Gasteiger partial charge in [-0.2, -0.15) is 0 Å². The van der Waals surface area contributed by atoms with E-state index in [-0.39, 0.29) is 65.2 Å². The van der Waals surface area contributed by atoms with Gasteiger partial charge in [0.1, 0.15) is 148 Å². The van der Waals surface area contributed by atoms with E-state index < -0.39 is 0 Å². The molecule has 41 nitrogen and oxygen atoms in total. The molecule has 41 heteroatoms. The number of pyridine rings is 7. The second kappa shape index (κ2) is 58.1. The summed E-state index contributed by atoms with van der Waals surface area (Å²) in [6.07, 6.45) is 49.5. The Bertz CT molecular complexity index is 6890. The summed E-state index contributed by atoms with van der Waals surface area (Å²) >= 11 is 0. The average Bonchev–Trinajstić information content (AvgIpc) is 1.69. The summed E-state index contributed by atoms with van der Waals surface area (Å²) in [6, 6.07) is 40.8. The minimum absolute atomic E-state index is 0. The van der Waals surface area contributed by atoms with E-state index in [1.54, 1.807) is 27.1 Å². The van der Waals surface area contributed by atoms with Crippen LogP contribution >= 0.6 is 0 Å². The van der Waals surface area contributed by atoms with Crippen LogP contribution in [0.1, 0.15) is 64.2 Å². The maximum Gasteiger partial charge on any atom is 0.257 e. The number of imidazole rings is 4. The number of ether oxygens (including phenoxy) is 3. The molecule has 18 aromatic rings. The van der Waals surface area contributed by atoms with Gasteiger partial charge in [-0.3, -0.25) is 0 Å². The highest BCUT2D eigenvalue weighted by Crippen LogP contribution is 2.31. The number of nitrogen functional groups attached to an aromatic ring is 7. The third-order valence-corrected chi connectivity index (χ3v) is 24.9.